The molecule has 0 aromatic carbocycles. The van der Waals surface area contributed by atoms with Crippen molar-refractivity contribution in [1.82, 2.24) is 0 Å². The molecule has 0 aliphatic heterocycles. The van der Waals surface area contributed by atoms with Gasteiger partial charge in [0.2, 0.25) is 0 Å². The fraction of sp³-hybridized carbons (Fsp3) is 0.500. The molecule has 2 nitrogen and oxygen atoms in total. The van der Waals surface area contributed by atoms with E-state index in [4.69, 9.17) is 16.3 Å². The van der Waals surface area contributed by atoms with Gasteiger partial charge in [0.1, 0.15) is 6.10 Å². The molecule has 0 radical (unpaired) electrons. The van der Waals surface area contributed by atoms with E-state index in [1.807, 2.05) is 26.8 Å². The third-order valence-corrected chi connectivity index (χ3v) is 5.02. The summed E-state index contributed by atoms with van der Waals surface area (Å²) in [5, 5.41) is -0.771. The van der Waals surface area contributed by atoms with Crippen molar-refractivity contribution >= 4 is 17.6 Å². The summed E-state index contributed by atoms with van der Waals surface area (Å²) in [6, 6.07) is 0. The number of rotatable bonds is 5. The van der Waals surface area contributed by atoms with Crippen LogP contribution >= 0.6 is 11.6 Å². The summed E-state index contributed by atoms with van der Waals surface area (Å²) in [7, 11) is 0. The topological polar surface area (TPSA) is 26.3 Å². The van der Waals surface area contributed by atoms with Crippen LogP contribution in [-0.4, -0.2) is 12.1 Å². The Kier molecular flexibility index (Phi) is 4.67. The zero-order valence-electron chi connectivity index (χ0n) is 13.3. The van der Waals surface area contributed by atoms with Crippen LogP contribution in [0.2, 0.25) is 0 Å². The van der Waals surface area contributed by atoms with Gasteiger partial charge < -0.3 is 4.74 Å². The van der Waals surface area contributed by atoms with Crippen LogP contribution in [0.15, 0.2) is 47.3 Å². The van der Waals surface area contributed by atoms with Crippen LogP contribution in [0.4, 0.5) is 4.39 Å². The molecule has 0 aromatic rings. The van der Waals surface area contributed by atoms with Crippen molar-refractivity contribution in [2.45, 2.75) is 39.7 Å². The molecule has 0 heterocycles. The summed E-state index contributed by atoms with van der Waals surface area (Å²) in [6.07, 6.45) is 4.21. The Hall–Kier alpha value is -1.35. The average molecular weight is 325 g/mol. The Labute approximate surface area is 136 Å². The van der Waals surface area contributed by atoms with Gasteiger partial charge in [-0.15, -0.1) is 6.58 Å². The summed E-state index contributed by atoms with van der Waals surface area (Å²) in [6.45, 7) is 13.6. The van der Waals surface area contributed by atoms with Crippen LogP contribution in [0.25, 0.3) is 0 Å². The molecule has 22 heavy (non-hydrogen) atoms. The van der Waals surface area contributed by atoms with Gasteiger partial charge >= 0.3 is 5.97 Å². The molecular formula is C18H22ClFO2. The predicted molar refractivity (Wildman–Crippen MR) is 87.0 cm³/mol. The number of esters is 1. The van der Waals surface area contributed by atoms with Crippen molar-refractivity contribution in [3.8, 4) is 0 Å². The van der Waals surface area contributed by atoms with Crippen LogP contribution < -0.4 is 0 Å². The first kappa shape index (κ1) is 17.0. The number of carbonyl (C=O) groups excluding carboxylic acids is 1. The molecule has 0 spiro atoms. The monoisotopic (exact) mass is 324 g/mol. The Morgan fingerprint density at radius 2 is 2.18 bits per heavy atom. The third kappa shape index (κ3) is 3.05. The number of hydrogen-bond acceptors (Lipinski definition) is 2. The van der Waals surface area contributed by atoms with Gasteiger partial charge in [-0.3, -0.25) is 4.79 Å². The normalized spacial score (nSPS) is 30.5. The quantitative estimate of drug-likeness (QED) is 0.521. The molecule has 0 N–H and O–H groups in total. The number of allylic oxidation sites excluding steroid dienone is 3. The first-order chi connectivity index (χ1) is 10.2. The van der Waals surface area contributed by atoms with Crippen LogP contribution in [-0.2, 0) is 9.53 Å². The standard InChI is InChI=1S/C18H22ClFO2/c1-6-7-12-10(2)8-14(11(12)3)22-17(21)16-13(9-15(19)20)18(16,4)5/h6,9,13-14,16H,1-2,7-8H2,3-5H3/t13-,14?,16+/m1/s1. The molecule has 0 amide bonds. The fourth-order valence-electron chi connectivity index (χ4n) is 3.34. The summed E-state index contributed by atoms with van der Waals surface area (Å²) in [4.78, 5) is 12.4. The van der Waals surface area contributed by atoms with Gasteiger partial charge in [0, 0.05) is 12.3 Å². The maximum atomic E-state index is 12.9. The molecule has 0 saturated heterocycles. The van der Waals surface area contributed by atoms with E-state index < -0.39 is 5.29 Å². The maximum absolute atomic E-state index is 12.9. The van der Waals surface area contributed by atoms with Crippen molar-refractivity contribution < 1.29 is 13.9 Å². The number of carbonyl (C=O) groups is 1. The molecule has 2 aliphatic carbocycles. The summed E-state index contributed by atoms with van der Waals surface area (Å²) in [5.74, 6) is -0.846. The molecule has 2 rings (SSSR count). The highest BCUT2D eigenvalue weighted by Gasteiger charge is 2.62. The number of hydrogen-bond donors (Lipinski definition) is 0. The van der Waals surface area contributed by atoms with E-state index in [9.17, 15) is 9.18 Å². The van der Waals surface area contributed by atoms with Gasteiger partial charge in [0.15, 0.2) is 5.29 Å². The van der Waals surface area contributed by atoms with Crippen molar-refractivity contribution in [3.05, 3.63) is 47.3 Å². The third-order valence-electron chi connectivity index (χ3n) is 4.89. The van der Waals surface area contributed by atoms with Gasteiger partial charge in [-0.1, -0.05) is 38.1 Å². The van der Waals surface area contributed by atoms with Crippen LogP contribution in [0, 0.1) is 17.3 Å². The van der Waals surface area contributed by atoms with Gasteiger partial charge in [-0.2, -0.15) is 4.39 Å². The Morgan fingerprint density at radius 1 is 1.55 bits per heavy atom. The molecule has 0 aromatic heterocycles. The van der Waals surface area contributed by atoms with Gasteiger partial charge in [0.05, 0.1) is 5.92 Å². The van der Waals surface area contributed by atoms with E-state index in [2.05, 4.69) is 13.2 Å². The molecule has 1 fully saturated rings. The van der Waals surface area contributed by atoms with E-state index >= 15 is 0 Å². The first-order valence-corrected chi connectivity index (χ1v) is 7.80. The largest absolute Gasteiger partial charge is 0.457 e. The van der Waals surface area contributed by atoms with Crippen LogP contribution in [0.3, 0.4) is 0 Å². The molecule has 1 unspecified atom stereocenters. The maximum Gasteiger partial charge on any atom is 0.310 e. The fourth-order valence-corrected chi connectivity index (χ4v) is 3.48. The van der Waals surface area contributed by atoms with Crippen molar-refractivity contribution in [1.29, 1.82) is 0 Å². The highest BCUT2D eigenvalue weighted by molar-refractivity contribution is 6.28. The minimum Gasteiger partial charge on any atom is -0.457 e. The number of ether oxygens (including phenoxy) is 1. The van der Waals surface area contributed by atoms with Gasteiger partial charge in [-0.05, 0) is 41.6 Å². The lowest BCUT2D eigenvalue weighted by Crippen LogP contribution is -2.20. The van der Waals surface area contributed by atoms with Gasteiger partial charge in [-0.25, -0.2) is 0 Å². The number of halogens is 2. The van der Waals surface area contributed by atoms with Crippen molar-refractivity contribution in [2.24, 2.45) is 17.3 Å². The molecule has 4 heteroatoms. The second-order valence-electron chi connectivity index (χ2n) is 6.67. The van der Waals surface area contributed by atoms with E-state index in [0.29, 0.717) is 6.42 Å². The second-order valence-corrected chi connectivity index (χ2v) is 7.03. The minimum atomic E-state index is -0.771. The van der Waals surface area contributed by atoms with Gasteiger partial charge in [0.25, 0.3) is 0 Å². The highest BCUT2D eigenvalue weighted by atomic mass is 35.5. The lowest BCUT2D eigenvalue weighted by molar-refractivity contribution is -0.149. The molecule has 1 saturated carbocycles. The zero-order valence-corrected chi connectivity index (χ0v) is 14.0. The minimum absolute atomic E-state index is 0.209. The van der Waals surface area contributed by atoms with Crippen molar-refractivity contribution in [2.75, 3.05) is 0 Å². The second kappa shape index (κ2) is 6.04. The smallest absolute Gasteiger partial charge is 0.310 e. The zero-order chi connectivity index (χ0) is 16.7. The Morgan fingerprint density at radius 3 is 2.73 bits per heavy atom. The Bertz CT molecular complexity index is 582. The SMILES string of the molecule is C=CCC1=C(C)C(OC(=O)[C@@H]2[C@@H](C=C(F)Cl)C2(C)C)CC1=C. The van der Waals surface area contributed by atoms with E-state index in [0.717, 1.165) is 23.1 Å². The lowest BCUT2D eigenvalue weighted by atomic mass is 10.1. The molecular weight excluding hydrogens is 303 g/mol. The van der Waals surface area contributed by atoms with Crippen LogP contribution in [0.5, 0.6) is 0 Å². The molecule has 120 valence electrons. The van der Waals surface area contributed by atoms with Crippen molar-refractivity contribution in [3.63, 3.8) is 0 Å². The average Bonchev–Trinajstić information content (AvgIpc) is 2.83. The summed E-state index contributed by atoms with van der Waals surface area (Å²) < 4.78 is 18.5. The first-order valence-electron chi connectivity index (χ1n) is 7.42. The summed E-state index contributed by atoms with van der Waals surface area (Å²) in [5.41, 5.74) is 2.83. The van der Waals surface area contributed by atoms with E-state index in [-0.39, 0.29) is 29.3 Å². The molecule has 0 bridgehead atoms. The lowest BCUT2D eigenvalue weighted by Gasteiger charge is -2.14. The van der Waals surface area contributed by atoms with E-state index in [1.165, 1.54) is 6.08 Å². The summed E-state index contributed by atoms with van der Waals surface area (Å²) >= 11 is 5.29. The highest BCUT2D eigenvalue weighted by Crippen LogP contribution is 2.60. The van der Waals surface area contributed by atoms with Crippen LogP contribution in [0.1, 0.15) is 33.6 Å². The predicted octanol–water partition coefficient (Wildman–Crippen LogP) is 5.07. The van der Waals surface area contributed by atoms with E-state index in [1.54, 1.807) is 0 Å². The Balaban J connectivity index is 2.07. The molecule has 3 atom stereocenters. The molecule has 2 aliphatic rings.